The van der Waals surface area contributed by atoms with Gasteiger partial charge in [0.25, 0.3) is 0 Å². The average Bonchev–Trinajstić information content (AvgIpc) is 2.92. The molecule has 0 aromatic heterocycles. The highest BCUT2D eigenvalue weighted by Crippen LogP contribution is 2.39. The van der Waals surface area contributed by atoms with Crippen LogP contribution in [0.4, 0.5) is 48.3 Å². The molecule has 0 fully saturated rings. The van der Waals surface area contributed by atoms with E-state index in [0.717, 1.165) is 30.3 Å². The third kappa shape index (κ3) is 7.92. The lowest BCUT2D eigenvalue weighted by atomic mass is 9.98. The van der Waals surface area contributed by atoms with Crippen molar-refractivity contribution in [3.05, 3.63) is 129 Å². The summed E-state index contributed by atoms with van der Waals surface area (Å²) in [5.41, 5.74) is -4.05. The fourth-order valence-electron chi connectivity index (χ4n) is 4.15. The van der Waals surface area contributed by atoms with E-state index in [4.69, 9.17) is 11.6 Å². The van der Waals surface area contributed by atoms with E-state index < -0.39 is 86.1 Å². The molecule has 4 aromatic carbocycles. The molecule has 0 aliphatic carbocycles. The number of halogens is 12. The van der Waals surface area contributed by atoms with E-state index in [0.29, 0.717) is 18.6 Å². The number of hydrogen-bond acceptors (Lipinski definition) is 2. The first-order valence-electron chi connectivity index (χ1n) is 12.7. The number of aryl methyl sites for hydroxylation is 1. The van der Waals surface area contributed by atoms with Crippen LogP contribution in [0, 0.1) is 46.7 Å². The molecule has 0 saturated heterocycles. The van der Waals surface area contributed by atoms with Crippen LogP contribution < -0.4 is 9.47 Å². The van der Waals surface area contributed by atoms with Crippen molar-refractivity contribution < 1.29 is 57.8 Å². The van der Waals surface area contributed by atoms with Gasteiger partial charge in [0.05, 0.1) is 16.1 Å². The maximum atomic E-state index is 14.9. The Morgan fingerprint density at radius 1 is 0.717 bits per heavy atom. The van der Waals surface area contributed by atoms with Crippen LogP contribution >= 0.6 is 11.6 Å². The van der Waals surface area contributed by atoms with E-state index >= 15 is 0 Å². The van der Waals surface area contributed by atoms with Crippen LogP contribution in [-0.4, -0.2) is 6.36 Å². The lowest BCUT2D eigenvalue weighted by molar-refractivity contribution is -0.275. The van der Waals surface area contributed by atoms with Crippen molar-refractivity contribution in [3.8, 4) is 34.5 Å². The topological polar surface area (TPSA) is 18.5 Å². The molecule has 0 spiro atoms. The Morgan fingerprint density at radius 3 is 1.89 bits per heavy atom. The number of benzene rings is 4. The fraction of sp³-hybridized carbons (Fsp3) is 0.125. The second-order valence-electron chi connectivity index (χ2n) is 9.40. The molecule has 0 aliphatic heterocycles. The monoisotopic (exact) mass is 676 g/mol. The fourth-order valence-corrected chi connectivity index (χ4v) is 4.40. The lowest BCUT2D eigenvalue weighted by Crippen LogP contribution is -2.25. The third-order valence-corrected chi connectivity index (χ3v) is 6.39. The quantitative estimate of drug-likeness (QED) is 0.105. The zero-order valence-electron chi connectivity index (χ0n) is 22.7. The number of allylic oxidation sites excluding steroid dienone is 1. The minimum atomic E-state index is -5.24. The van der Waals surface area contributed by atoms with Crippen molar-refractivity contribution in [2.24, 2.45) is 0 Å². The van der Waals surface area contributed by atoms with Crippen molar-refractivity contribution in [3.63, 3.8) is 0 Å². The molecule has 0 unspecified atom stereocenters. The zero-order chi connectivity index (χ0) is 34.0. The van der Waals surface area contributed by atoms with Crippen molar-refractivity contribution >= 4 is 11.6 Å². The van der Waals surface area contributed by atoms with E-state index in [9.17, 15) is 48.3 Å². The Balaban J connectivity index is 1.57. The molecule has 0 aliphatic rings. The first-order chi connectivity index (χ1) is 21.5. The van der Waals surface area contributed by atoms with Crippen molar-refractivity contribution in [2.75, 3.05) is 0 Å². The van der Waals surface area contributed by atoms with Crippen molar-refractivity contribution in [1.82, 2.24) is 0 Å². The van der Waals surface area contributed by atoms with E-state index in [-0.39, 0.29) is 29.7 Å². The second-order valence-corrected chi connectivity index (χ2v) is 9.81. The minimum Gasteiger partial charge on any atom is -0.429 e. The minimum absolute atomic E-state index is 0.226. The van der Waals surface area contributed by atoms with Crippen LogP contribution in [0.1, 0.15) is 28.7 Å². The second kappa shape index (κ2) is 13.3. The molecule has 0 saturated carbocycles. The van der Waals surface area contributed by atoms with Crippen LogP contribution in [0.25, 0.3) is 11.1 Å². The van der Waals surface area contributed by atoms with Crippen LogP contribution in [0.5, 0.6) is 11.5 Å². The molecule has 0 bridgehead atoms. The zero-order valence-corrected chi connectivity index (χ0v) is 23.5. The third-order valence-electron chi connectivity index (χ3n) is 6.11. The van der Waals surface area contributed by atoms with Gasteiger partial charge >= 0.3 is 12.5 Å². The summed E-state index contributed by atoms with van der Waals surface area (Å²) >= 11 is 5.60. The van der Waals surface area contributed by atoms with E-state index in [1.807, 2.05) is 0 Å². The first-order valence-corrected chi connectivity index (χ1v) is 13.1. The Morgan fingerprint density at radius 2 is 1.35 bits per heavy atom. The van der Waals surface area contributed by atoms with Gasteiger partial charge in [0, 0.05) is 11.6 Å². The normalized spacial score (nSPS) is 11.6. The molecule has 0 amide bonds. The highest BCUT2D eigenvalue weighted by atomic mass is 35.5. The van der Waals surface area contributed by atoms with Gasteiger partial charge in [-0.05, 0) is 72.5 Å². The Labute approximate surface area is 258 Å². The van der Waals surface area contributed by atoms with Crippen molar-refractivity contribution in [2.45, 2.75) is 25.3 Å². The van der Waals surface area contributed by atoms with Gasteiger partial charge in [0.1, 0.15) is 40.4 Å². The number of rotatable bonds is 8. The van der Waals surface area contributed by atoms with E-state index in [1.165, 1.54) is 6.08 Å². The Kier molecular flexibility index (Phi) is 9.91. The molecule has 4 aromatic rings. The summed E-state index contributed by atoms with van der Waals surface area (Å²) < 4.78 is 162. The molecule has 4 rings (SSSR count). The van der Waals surface area contributed by atoms with Crippen molar-refractivity contribution in [1.29, 1.82) is 0 Å². The molecule has 2 nitrogen and oxygen atoms in total. The predicted molar refractivity (Wildman–Crippen MR) is 145 cm³/mol. The standard InChI is InChI=1S/C32H16ClF11O2/c1-2-3-4-16-10-23(35)28(24(36)11-16)19-13-25(37)29(26(38)14-19)31(40,41)45-20-8-7-18(22(34)15-20)6-5-17-9-21(33)30(27(39)12-17)46-32(42,43)44/h2,7-15H,1,3-4H2. The van der Waals surface area contributed by atoms with Gasteiger partial charge in [0.2, 0.25) is 0 Å². The SMILES string of the molecule is C=CCCc1cc(F)c(-c2cc(F)c(C(F)(F)Oc3ccc(C#Cc4cc(F)c(OC(F)(F)F)c(Cl)c4)c(F)c3)c(F)c2)c(F)c1. The van der Waals surface area contributed by atoms with Crippen LogP contribution in [0.2, 0.25) is 5.02 Å². The van der Waals surface area contributed by atoms with Crippen LogP contribution in [0.3, 0.4) is 0 Å². The van der Waals surface area contributed by atoms with Gasteiger partial charge in [-0.3, -0.25) is 0 Å². The smallest absolute Gasteiger partial charge is 0.429 e. The average molecular weight is 677 g/mol. The Bertz CT molecular complexity index is 1810. The molecule has 46 heavy (non-hydrogen) atoms. The first kappa shape index (κ1) is 34.2. The molecular weight excluding hydrogens is 661 g/mol. The molecule has 0 radical (unpaired) electrons. The predicted octanol–water partition coefficient (Wildman–Crippen LogP) is 10.4. The van der Waals surface area contributed by atoms with E-state index in [2.05, 4.69) is 27.9 Å². The van der Waals surface area contributed by atoms with Gasteiger partial charge in [-0.25, -0.2) is 26.3 Å². The number of hydrogen-bond donors (Lipinski definition) is 0. The Hall–Kier alpha value is -4.70. The highest BCUT2D eigenvalue weighted by Gasteiger charge is 2.41. The molecule has 14 heteroatoms. The van der Waals surface area contributed by atoms with Gasteiger partial charge in [0.15, 0.2) is 11.6 Å². The number of alkyl halides is 5. The summed E-state index contributed by atoms with van der Waals surface area (Å²) in [5, 5.41) is -0.798. The van der Waals surface area contributed by atoms with Crippen LogP contribution in [0.15, 0.2) is 67.3 Å². The van der Waals surface area contributed by atoms with Crippen LogP contribution in [-0.2, 0) is 12.5 Å². The summed E-state index contributed by atoms with van der Waals surface area (Å²) in [4.78, 5) is 0. The summed E-state index contributed by atoms with van der Waals surface area (Å²) in [6.45, 7) is 3.49. The molecule has 0 atom stereocenters. The number of ether oxygens (including phenoxy) is 2. The van der Waals surface area contributed by atoms with Gasteiger partial charge in [-0.2, -0.15) is 8.78 Å². The highest BCUT2D eigenvalue weighted by molar-refractivity contribution is 6.32. The molecular formula is C32H16ClF11O2. The maximum absolute atomic E-state index is 14.9. The van der Waals surface area contributed by atoms with E-state index in [1.54, 1.807) is 0 Å². The summed E-state index contributed by atoms with van der Waals surface area (Å²) in [5.74, 6) is -6.86. The molecule has 0 heterocycles. The van der Waals surface area contributed by atoms with Gasteiger partial charge in [-0.1, -0.05) is 29.5 Å². The maximum Gasteiger partial charge on any atom is 0.573 e. The summed E-state index contributed by atoms with van der Waals surface area (Å²) in [7, 11) is 0. The summed E-state index contributed by atoms with van der Waals surface area (Å²) in [6, 6.07) is 5.70. The lowest BCUT2D eigenvalue weighted by Gasteiger charge is -2.20. The summed E-state index contributed by atoms with van der Waals surface area (Å²) in [6.07, 6.45) is -7.86. The largest absolute Gasteiger partial charge is 0.573 e. The molecule has 240 valence electrons. The van der Waals surface area contributed by atoms with Gasteiger partial charge < -0.3 is 9.47 Å². The molecule has 0 N–H and O–H groups in total. The van der Waals surface area contributed by atoms with Gasteiger partial charge in [-0.15, -0.1) is 19.8 Å².